The molecular formula is C21H25FN4O3. The topological polar surface area (TPSA) is 68.5 Å². The predicted molar refractivity (Wildman–Crippen MR) is 111 cm³/mol. The van der Waals surface area contributed by atoms with Gasteiger partial charge in [-0.25, -0.2) is 9.18 Å². The second kappa shape index (κ2) is 7.98. The van der Waals surface area contributed by atoms with Gasteiger partial charge in [0, 0.05) is 33.4 Å². The number of aromatic nitrogens is 2. The number of methoxy groups -OCH3 is 1. The third kappa shape index (κ3) is 3.96. The molecule has 1 unspecified atom stereocenters. The first-order valence-corrected chi connectivity index (χ1v) is 9.22. The molecule has 7 nitrogen and oxygen atoms in total. The fourth-order valence-corrected chi connectivity index (χ4v) is 3.40. The van der Waals surface area contributed by atoms with Gasteiger partial charge < -0.3 is 15.0 Å². The summed E-state index contributed by atoms with van der Waals surface area (Å²) in [5, 5.41) is 3.18. The molecule has 2 aromatic carbocycles. The quantitative estimate of drug-likeness (QED) is 0.690. The number of imidazole rings is 1. The van der Waals surface area contributed by atoms with Gasteiger partial charge in [0.15, 0.2) is 11.6 Å². The van der Waals surface area contributed by atoms with E-state index in [4.69, 9.17) is 4.74 Å². The van der Waals surface area contributed by atoms with E-state index in [-0.39, 0.29) is 23.9 Å². The number of hydrogen-bond acceptors (Lipinski definition) is 4. The number of anilines is 1. The van der Waals surface area contributed by atoms with E-state index in [1.54, 1.807) is 49.3 Å². The van der Waals surface area contributed by atoms with Gasteiger partial charge in [-0.05, 0) is 42.8 Å². The van der Waals surface area contributed by atoms with E-state index in [1.165, 1.54) is 18.1 Å². The van der Waals surface area contributed by atoms with Crippen molar-refractivity contribution in [3.8, 4) is 5.75 Å². The standard InChI is InChI=1S/C21H25FN4O3/c1-13(20(27)24(2)12-14-6-9-19(29-5)16(22)10-14)23-15-7-8-17-18(11-15)26(4)21(28)25(17)3/h6-11,13,23H,12H2,1-5H3. The van der Waals surface area contributed by atoms with Crippen LogP contribution in [0.15, 0.2) is 41.2 Å². The maximum absolute atomic E-state index is 13.9. The lowest BCUT2D eigenvalue weighted by atomic mass is 10.1. The van der Waals surface area contributed by atoms with Crippen molar-refractivity contribution in [1.29, 1.82) is 0 Å². The van der Waals surface area contributed by atoms with Gasteiger partial charge in [-0.15, -0.1) is 0 Å². The Kier molecular flexibility index (Phi) is 5.63. The average molecular weight is 400 g/mol. The van der Waals surface area contributed by atoms with E-state index in [2.05, 4.69) is 5.32 Å². The first-order valence-electron chi connectivity index (χ1n) is 9.22. The van der Waals surface area contributed by atoms with E-state index in [1.807, 2.05) is 18.2 Å². The minimum atomic E-state index is -0.499. The van der Waals surface area contributed by atoms with E-state index in [0.29, 0.717) is 5.56 Å². The van der Waals surface area contributed by atoms with Gasteiger partial charge in [-0.1, -0.05) is 6.07 Å². The van der Waals surface area contributed by atoms with Crippen LogP contribution < -0.4 is 15.7 Å². The molecule has 1 amide bonds. The number of nitrogens with zero attached hydrogens (tertiary/aromatic N) is 3. The Labute approximate surface area is 168 Å². The summed E-state index contributed by atoms with van der Waals surface area (Å²) in [6, 6.07) is 9.67. The highest BCUT2D eigenvalue weighted by atomic mass is 19.1. The van der Waals surface area contributed by atoms with Crippen LogP contribution in [-0.4, -0.2) is 40.1 Å². The van der Waals surface area contributed by atoms with Gasteiger partial charge in [0.1, 0.15) is 6.04 Å². The molecule has 1 aromatic heterocycles. The van der Waals surface area contributed by atoms with Crippen molar-refractivity contribution in [3.05, 3.63) is 58.3 Å². The maximum atomic E-state index is 13.9. The van der Waals surface area contributed by atoms with Crippen LogP contribution in [0.25, 0.3) is 11.0 Å². The minimum absolute atomic E-state index is 0.104. The fraction of sp³-hybridized carbons (Fsp3) is 0.333. The Morgan fingerprint density at radius 2 is 1.86 bits per heavy atom. The van der Waals surface area contributed by atoms with Crippen LogP contribution in [0.4, 0.5) is 10.1 Å². The van der Waals surface area contributed by atoms with Crippen molar-refractivity contribution in [3.63, 3.8) is 0 Å². The molecule has 0 saturated heterocycles. The number of likely N-dealkylation sites (N-methyl/N-ethyl adjacent to an activating group) is 1. The van der Waals surface area contributed by atoms with Crippen LogP contribution in [0.1, 0.15) is 12.5 Å². The average Bonchev–Trinajstić information content (AvgIpc) is 2.91. The van der Waals surface area contributed by atoms with E-state index >= 15 is 0 Å². The normalized spacial score (nSPS) is 12.1. The second-order valence-corrected chi connectivity index (χ2v) is 7.13. The van der Waals surface area contributed by atoms with Gasteiger partial charge in [0.25, 0.3) is 0 Å². The summed E-state index contributed by atoms with van der Waals surface area (Å²) < 4.78 is 21.9. The van der Waals surface area contributed by atoms with Gasteiger partial charge in [0.2, 0.25) is 5.91 Å². The smallest absolute Gasteiger partial charge is 0.328 e. The molecule has 0 fully saturated rings. The summed E-state index contributed by atoms with van der Waals surface area (Å²) in [4.78, 5) is 26.3. The zero-order valence-electron chi connectivity index (χ0n) is 17.2. The van der Waals surface area contributed by atoms with E-state index in [0.717, 1.165) is 16.7 Å². The van der Waals surface area contributed by atoms with Crippen molar-refractivity contribution >= 4 is 22.6 Å². The van der Waals surface area contributed by atoms with Gasteiger partial charge in [0.05, 0.1) is 18.1 Å². The molecule has 0 bridgehead atoms. The second-order valence-electron chi connectivity index (χ2n) is 7.13. The molecule has 1 N–H and O–H groups in total. The summed E-state index contributed by atoms with van der Waals surface area (Å²) in [6.45, 7) is 2.04. The largest absolute Gasteiger partial charge is 0.494 e. The summed E-state index contributed by atoms with van der Waals surface area (Å²) in [5.41, 5.74) is 2.91. The summed E-state index contributed by atoms with van der Waals surface area (Å²) >= 11 is 0. The van der Waals surface area contributed by atoms with Crippen molar-refractivity contribution in [2.45, 2.75) is 19.5 Å². The number of carbonyl (C=O) groups is 1. The van der Waals surface area contributed by atoms with Crippen LogP contribution in [-0.2, 0) is 25.4 Å². The SMILES string of the molecule is COc1ccc(CN(C)C(=O)C(C)Nc2ccc3c(c2)n(C)c(=O)n3C)cc1F. The highest BCUT2D eigenvalue weighted by Crippen LogP contribution is 2.20. The molecule has 3 aromatic rings. The Hall–Kier alpha value is -3.29. The number of hydrogen-bond donors (Lipinski definition) is 1. The van der Waals surface area contributed by atoms with Crippen LogP contribution >= 0.6 is 0 Å². The lowest BCUT2D eigenvalue weighted by Crippen LogP contribution is -2.38. The molecule has 3 rings (SSSR count). The number of rotatable bonds is 6. The number of ether oxygens (including phenoxy) is 1. The van der Waals surface area contributed by atoms with Crippen molar-refractivity contribution < 1.29 is 13.9 Å². The van der Waals surface area contributed by atoms with Crippen molar-refractivity contribution in [2.24, 2.45) is 14.1 Å². The predicted octanol–water partition coefficient (Wildman–Crippen LogP) is 2.48. The Balaban J connectivity index is 1.71. The Morgan fingerprint density at radius 3 is 2.52 bits per heavy atom. The lowest BCUT2D eigenvalue weighted by molar-refractivity contribution is -0.130. The number of benzene rings is 2. The fourth-order valence-electron chi connectivity index (χ4n) is 3.40. The van der Waals surface area contributed by atoms with Gasteiger partial charge >= 0.3 is 5.69 Å². The molecule has 8 heteroatoms. The lowest BCUT2D eigenvalue weighted by Gasteiger charge is -2.23. The van der Waals surface area contributed by atoms with Gasteiger partial charge in [-0.2, -0.15) is 0 Å². The van der Waals surface area contributed by atoms with Crippen molar-refractivity contribution in [2.75, 3.05) is 19.5 Å². The Bertz CT molecular complexity index is 1120. The maximum Gasteiger partial charge on any atom is 0.328 e. The third-order valence-corrected chi connectivity index (χ3v) is 5.04. The first-order chi connectivity index (χ1) is 13.7. The monoisotopic (exact) mass is 400 g/mol. The van der Waals surface area contributed by atoms with Crippen molar-refractivity contribution in [1.82, 2.24) is 14.0 Å². The zero-order chi connectivity index (χ0) is 21.3. The number of aryl methyl sites for hydroxylation is 2. The van der Waals surface area contributed by atoms with Crippen LogP contribution in [0.2, 0.25) is 0 Å². The van der Waals surface area contributed by atoms with Gasteiger partial charge in [-0.3, -0.25) is 13.9 Å². The van der Waals surface area contributed by atoms with E-state index < -0.39 is 11.9 Å². The molecule has 1 heterocycles. The summed E-state index contributed by atoms with van der Waals surface area (Å²) in [7, 11) is 6.52. The molecular weight excluding hydrogens is 375 g/mol. The number of carbonyl (C=O) groups excluding carboxylic acids is 1. The molecule has 0 aliphatic rings. The van der Waals surface area contributed by atoms with Crippen LogP contribution in [0.3, 0.4) is 0 Å². The van der Waals surface area contributed by atoms with Crippen LogP contribution in [0, 0.1) is 5.82 Å². The molecule has 0 aliphatic heterocycles. The Morgan fingerprint density at radius 1 is 1.17 bits per heavy atom. The summed E-state index contributed by atoms with van der Waals surface area (Å²) in [5.74, 6) is -0.425. The molecule has 0 aliphatic carbocycles. The summed E-state index contributed by atoms with van der Waals surface area (Å²) in [6.07, 6.45) is 0. The highest BCUT2D eigenvalue weighted by molar-refractivity contribution is 5.86. The highest BCUT2D eigenvalue weighted by Gasteiger charge is 2.19. The number of amides is 1. The molecule has 0 radical (unpaired) electrons. The molecule has 0 spiro atoms. The third-order valence-electron chi connectivity index (χ3n) is 5.04. The molecule has 0 saturated carbocycles. The van der Waals surface area contributed by atoms with E-state index in [9.17, 15) is 14.0 Å². The number of halogens is 1. The number of fused-ring (bicyclic) bond motifs is 1. The zero-order valence-corrected chi connectivity index (χ0v) is 17.2. The molecule has 29 heavy (non-hydrogen) atoms. The number of nitrogens with one attached hydrogen (secondary N) is 1. The van der Waals surface area contributed by atoms with Crippen LogP contribution in [0.5, 0.6) is 5.75 Å². The first kappa shape index (κ1) is 20.4. The minimum Gasteiger partial charge on any atom is -0.494 e. The molecule has 1 atom stereocenters. The molecule has 154 valence electrons.